The molecule has 26 heavy (non-hydrogen) atoms. The highest BCUT2D eigenvalue weighted by atomic mass is 16.2. The molecule has 2 aromatic rings. The van der Waals surface area contributed by atoms with Crippen molar-refractivity contribution in [3.05, 3.63) is 64.7 Å². The predicted molar refractivity (Wildman–Crippen MR) is 100 cm³/mol. The second-order valence-electron chi connectivity index (χ2n) is 6.89. The Morgan fingerprint density at radius 3 is 2.50 bits per heavy atom. The first kappa shape index (κ1) is 17.9. The van der Waals surface area contributed by atoms with Crippen LogP contribution >= 0.6 is 0 Å². The minimum atomic E-state index is -0.334. The maximum absolute atomic E-state index is 12.4. The Hall–Kier alpha value is -2.95. The van der Waals surface area contributed by atoms with E-state index >= 15 is 0 Å². The van der Waals surface area contributed by atoms with Gasteiger partial charge in [-0.05, 0) is 42.7 Å². The van der Waals surface area contributed by atoms with Crippen molar-refractivity contribution in [2.45, 2.75) is 33.1 Å². The van der Waals surface area contributed by atoms with Gasteiger partial charge in [-0.1, -0.05) is 37.6 Å². The lowest BCUT2D eigenvalue weighted by Crippen LogP contribution is -2.32. The second-order valence-corrected chi connectivity index (χ2v) is 6.89. The molecule has 0 spiro atoms. The van der Waals surface area contributed by atoms with Crippen LogP contribution in [0.2, 0.25) is 0 Å². The Labute approximate surface area is 153 Å². The highest BCUT2D eigenvalue weighted by molar-refractivity contribution is 6.21. The number of aryl methyl sites for hydroxylation is 1. The lowest BCUT2D eigenvalue weighted by atomic mass is 10.0. The van der Waals surface area contributed by atoms with Crippen LogP contribution in [0.15, 0.2) is 42.5 Å². The molecular formula is C21H22N2O3. The Morgan fingerprint density at radius 2 is 1.77 bits per heavy atom. The van der Waals surface area contributed by atoms with Crippen molar-refractivity contribution in [2.75, 3.05) is 11.9 Å². The number of benzene rings is 2. The van der Waals surface area contributed by atoms with Gasteiger partial charge in [-0.3, -0.25) is 19.3 Å². The van der Waals surface area contributed by atoms with Crippen LogP contribution in [-0.2, 0) is 4.79 Å². The first-order valence-electron chi connectivity index (χ1n) is 8.73. The summed E-state index contributed by atoms with van der Waals surface area (Å²) in [4.78, 5) is 38.2. The summed E-state index contributed by atoms with van der Waals surface area (Å²) < 4.78 is 0. The summed E-state index contributed by atoms with van der Waals surface area (Å²) in [5, 5.41) is 2.83. The fourth-order valence-electron chi connectivity index (χ4n) is 3.02. The van der Waals surface area contributed by atoms with Crippen LogP contribution in [0, 0.1) is 6.92 Å². The van der Waals surface area contributed by atoms with Crippen LogP contribution in [0.1, 0.15) is 58.0 Å². The van der Waals surface area contributed by atoms with Gasteiger partial charge in [-0.15, -0.1) is 0 Å². The maximum atomic E-state index is 12.4. The molecule has 1 aliphatic rings. The Morgan fingerprint density at radius 1 is 1.04 bits per heavy atom. The van der Waals surface area contributed by atoms with Gasteiger partial charge in [0.25, 0.3) is 11.8 Å². The topological polar surface area (TPSA) is 66.5 Å². The van der Waals surface area contributed by atoms with Crippen molar-refractivity contribution in [1.29, 1.82) is 0 Å². The molecule has 1 heterocycles. The number of hydrogen-bond acceptors (Lipinski definition) is 3. The molecule has 3 amide bonds. The zero-order valence-electron chi connectivity index (χ0n) is 15.2. The molecule has 0 aliphatic carbocycles. The van der Waals surface area contributed by atoms with Crippen molar-refractivity contribution < 1.29 is 14.4 Å². The number of nitrogens with one attached hydrogen (secondary N) is 1. The molecule has 5 heteroatoms. The van der Waals surface area contributed by atoms with Gasteiger partial charge < -0.3 is 5.32 Å². The zero-order valence-corrected chi connectivity index (χ0v) is 15.2. The van der Waals surface area contributed by atoms with Gasteiger partial charge in [0.05, 0.1) is 11.1 Å². The largest absolute Gasteiger partial charge is 0.326 e. The van der Waals surface area contributed by atoms with E-state index in [1.165, 1.54) is 0 Å². The van der Waals surface area contributed by atoms with Crippen LogP contribution in [-0.4, -0.2) is 29.2 Å². The summed E-state index contributed by atoms with van der Waals surface area (Å²) >= 11 is 0. The standard InChI is InChI=1S/C21H22N2O3/c1-13(2)15-5-4-6-16(12-15)22-19(24)9-10-23-20(25)17-8-7-14(3)11-18(17)21(23)26/h4-8,11-13H,9-10H2,1-3H3,(H,22,24). The number of hydrogen-bond donors (Lipinski definition) is 1. The van der Waals surface area contributed by atoms with Crippen molar-refractivity contribution in [1.82, 2.24) is 4.90 Å². The number of carbonyl (C=O) groups excluding carboxylic acids is 3. The minimum Gasteiger partial charge on any atom is -0.326 e. The van der Waals surface area contributed by atoms with Gasteiger partial charge in [0.15, 0.2) is 0 Å². The fourth-order valence-corrected chi connectivity index (χ4v) is 3.02. The van der Waals surface area contributed by atoms with Gasteiger partial charge in [-0.2, -0.15) is 0 Å². The molecule has 0 saturated carbocycles. The molecule has 0 bridgehead atoms. The molecule has 0 atom stereocenters. The Bertz CT molecular complexity index is 887. The van der Waals surface area contributed by atoms with Crippen molar-refractivity contribution in [2.24, 2.45) is 0 Å². The average Bonchev–Trinajstić information content (AvgIpc) is 2.83. The van der Waals surface area contributed by atoms with Gasteiger partial charge in [-0.25, -0.2) is 0 Å². The van der Waals surface area contributed by atoms with Gasteiger partial charge in [0.1, 0.15) is 0 Å². The Kier molecular flexibility index (Phi) is 4.89. The van der Waals surface area contributed by atoms with Crippen molar-refractivity contribution >= 4 is 23.4 Å². The van der Waals surface area contributed by atoms with Crippen LogP contribution in [0.3, 0.4) is 0 Å². The molecule has 134 valence electrons. The SMILES string of the molecule is Cc1ccc2c(c1)C(=O)N(CCC(=O)Nc1cccc(C(C)C)c1)C2=O. The molecule has 0 saturated heterocycles. The summed E-state index contributed by atoms with van der Waals surface area (Å²) in [7, 11) is 0. The van der Waals surface area contributed by atoms with E-state index in [2.05, 4.69) is 19.2 Å². The van der Waals surface area contributed by atoms with Crippen LogP contribution in [0.5, 0.6) is 0 Å². The van der Waals surface area contributed by atoms with E-state index in [9.17, 15) is 14.4 Å². The van der Waals surface area contributed by atoms with Crippen LogP contribution in [0.25, 0.3) is 0 Å². The molecule has 1 N–H and O–H groups in total. The van der Waals surface area contributed by atoms with E-state index in [0.29, 0.717) is 17.0 Å². The molecule has 5 nitrogen and oxygen atoms in total. The molecule has 2 aromatic carbocycles. The lowest BCUT2D eigenvalue weighted by molar-refractivity contribution is -0.116. The number of imide groups is 1. The molecule has 3 rings (SSSR count). The predicted octanol–water partition coefficient (Wildman–Crippen LogP) is 3.74. The number of carbonyl (C=O) groups is 3. The summed E-state index contributed by atoms with van der Waals surface area (Å²) in [5.74, 6) is -0.518. The Balaban J connectivity index is 1.63. The number of fused-ring (bicyclic) bond motifs is 1. The number of nitrogens with zero attached hydrogens (tertiary/aromatic N) is 1. The van der Waals surface area contributed by atoms with Crippen LogP contribution < -0.4 is 5.32 Å². The van der Waals surface area contributed by atoms with Gasteiger partial charge in [0, 0.05) is 18.7 Å². The van der Waals surface area contributed by atoms with Gasteiger partial charge >= 0.3 is 0 Å². The van der Waals surface area contributed by atoms with Gasteiger partial charge in [0.2, 0.25) is 5.91 Å². The molecule has 0 fully saturated rings. The maximum Gasteiger partial charge on any atom is 0.261 e. The van der Waals surface area contributed by atoms with E-state index in [1.807, 2.05) is 37.3 Å². The third kappa shape index (κ3) is 3.52. The fraction of sp³-hybridized carbons (Fsp3) is 0.286. The quantitative estimate of drug-likeness (QED) is 0.835. The molecule has 1 aliphatic heterocycles. The van der Waals surface area contributed by atoms with E-state index < -0.39 is 0 Å². The molecule has 0 aromatic heterocycles. The van der Waals surface area contributed by atoms with E-state index in [4.69, 9.17) is 0 Å². The van der Waals surface area contributed by atoms with E-state index in [1.54, 1.807) is 12.1 Å². The zero-order chi connectivity index (χ0) is 18.8. The second kappa shape index (κ2) is 7.12. The summed E-state index contributed by atoms with van der Waals surface area (Å²) in [5.41, 5.74) is 3.61. The van der Waals surface area contributed by atoms with E-state index in [0.717, 1.165) is 21.7 Å². The number of anilines is 1. The highest BCUT2D eigenvalue weighted by Gasteiger charge is 2.35. The smallest absolute Gasteiger partial charge is 0.261 e. The number of amides is 3. The first-order chi connectivity index (χ1) is 12.4. The molecule has 0 radical (unpaired) electrons. The molecule has 0 unspecified atom stereocenters. The normalized spacial score (nSPS) is 13.3. The summed E-state index contributed by atoms with van der Waals surface area (Å²) in [6.45, 7) is 6.12. The molecular weight excluding hydrogens is 328 g/mol. The van der Waals surface area contributed by atoms with Crippen molar-refractivity contribution in [3.8, 4) is 0 Å². The summed E-state index contributed by atoms with van der Waals surface area (Å²) in [6.07, 6.45) is 0.0658. The number of rotatable bonds is 5. The third-order valence-corrected chi connectivity index (χ3v) is 4.53. The summed E-state index contributed by atoms with van der Waals surface area (Å²) in [6, 6.07) is 12.9. The average molecular weight is 350 g/mol. The van der Waals surface area contributed by atoms with Crippen LogP contribution in [0.4, 0.5) is 5.69 Å². The van der Waals surface area contributed by atoms with E-state index in [-0.39, 0.29) is 30.7 Å². The van der Waals surface area contributed by atoms with Crippen molar-refractivity contribution in [3.63, 3.8) is 0 Å². The first-order valence-corrected chi connectivity index (χ1v) is 8.73. The minimum absolute atomic E-state index is 0.0658. The third-order valence-electron chi connectivity index (χ3n) is 4.53. The highest BCUT2D eigenvalue weighted by Crippen LogP contribution is 2.24. The lowest BCUT2D eigenvalue weighted by Gasteiger charge is -2.14. The monoisotopic (exact) mass is 350 g/mol.